The van der Waals surface area contributed by atoms with Crippen LogP contribution in [0.25, 0.3) is 0 Å². The van der Waals surface area contributed by atoms with Crippen molar-refractivity contribution >= 4 is 25.7 Å². The minimum atomic E-state index is -4.01. The molecular weight excluding hydrogens is 214 g/mol. The smallest absolute Gasteiger partial charge is 0.320 e. The van der Waals surface area contributed by atoms with E-state index in [-0.39, 0.29) is 0 Å². The summed E-state index contributed by atoms with van der Waals surface area (Å²) in [7, 11) is -3.58. The second kappa shape index (κ2) is 5.46. The van der Waals surface area contributed by atoms with Crippen molar-refractivity contribution in [3.05, 3.63) is 0 Å². The second-order valence-electron chi connectivity index (χ2n) is 2.32. The van der Waals surface area contributed by atoms with E-state index < -0.39 is 14.4 Å². The molecule has 0 saturated heterocycles. The molecule has 0 heterocycles. The minimum Gasteiger partial charge on any atom is -0.396 e. The normalized spacial score (nSPS) is 15.5. The Hall–Kier alpha value is -0.270. The van der Waals surface area contributed by atoms with Crippen LogP contribution in [0.5, 0.6) is 0 Å². The van der Waals surface area contributed by atoms with E-state index in [1.165, 1.54) is 0 Å². The van der Waals surface area contributed by atoms with Gasteiger partial charge in [0.15, 0.2) is 0 Å². The molecule has 0 aliphatic heterocycles. The Morgan fingerprint density at radius 1 is 1.69 bits per heavy atom. The molecular formula is C6H13NO4S2. The Morgan fingerprint density at radius 3 is 2.62 bits per heavy atom. The van der Waals surface area contributed by atoms with E-state index in [4.69, 9.17) is 9.39 Å². The topological polar surface area (TPSA) is 76.0 Å². The zero-order chi connectivity index (χ0) is 10.5. The van der Waals surface area contributed by atoms with Gasteiger partial charge in [0, 0.05) is 10.8 Å². The van der Waals surface area contributed by atoms with Crippen LogP contribution >= 0.6 is 10.8 Å². The fourth-order valence-electron chi connectivity index (χ4n) is 0.493. The summed E-state index contributed by atoms with van der Waals surface area (Å²) < 4.78 is 29.4. The van der Waals surface area contributed by atoms with Crippen LogP contribution in [-0.4, -0.2) is 30.5 Å². The van der Waals surface area contributed by atoms with Crippen molar-refractivity contribution in [2.75, 3.05) is 6.61 Å². The molecule has 0 spiro atoms. The molecule has 0 aromatic heterocycles. The van der Waals surface area contributed by atoms with Crippen molar-refractivity contribution < 1.29 is 17.8 Å². The predicted molar refractivity (Wildman–Crippen MR) is 53.3 cm³/mol. The molecule has 0 aromatic carbocycles. The van der Waals surface area contributed by atoms with Gasteiger partial charge < -0.3 is 4.84 Å². The largest absolute Gasteiger partial charge is 0.396 e. The highest BCUT2D eigenvalue weighted by Crippen LogP contribution is 2.18. The third-order valence-electron chi connectivity index (χ3n) is 1.19. The quantitative estimate of drug-likeness (QED) is 0.332. The highest BCUT2D eigenvalue weighted by Gasteiger charge is 2.16. The third-order valence-corrected chi connectivity index (χ3v) is 3.66. The Balaban J connectivity index is 4.19. The van der Waals surface area contributed by atoms with Crippen LogP contribution in [0.4, 0.5) is 0 Å². The van der Waals surface area contributed by atoms with Crippen LogP contribution in [-0.2, 0) is 14.0 Å². The van der Waals surface area contributed by atoms with E-state index in [0.717, 1.165) is 0 Å². The maximum absolute atomic E-state index is 10.4. The van der Waals surface area contributed by atoms with E-state index in [1.54, 1.807) is 20.8 Å². The van der Waals surface area contributed by atoms with E-state index in [1.807, 2.05) is 0 Å². The molecule has 7 heteroatoms. The van der Waals surface area contributed by atoms with Gasteiger partial charge in [0.25, 0.3) is 0 Å². The molecule has 1 atom stereocenters. The van der Waals surface area contributed by atoms with Crippen LogP contribution < -0.4 is 0 Å². The average molecular weight is 227 g/mol. The lowest BCUT2D eigenvalue weighted by Gasteiger charge is -2.06. The van der Waals surface area contributed by atoms with Gasteiger partial charge in [-0.3, -0.25) is 4.55 Å². The first-order chi connectivity index (χ1) is 5.87. The molecule has 0 bridgehead atoms. The van der Waals surface area contributed by atoms with Crippen LogP contribution in [0, 0.1) is 0 Å². The van der Waals surface area contributed by atoms with E-state index in [0.29, 0.717) is 23.1 Å². The molecule has 0 radical (unpaired) electrons. The second-order valence-corrected chi connectivity index (χ2v) is 5.91. The maximum atomic E-state index is 10.4. The minimum absolute atomic E-state index is 0.415. The zero-order valence-electron chi connectivity index (χ0n) is 7.72. The fourth-order valence-corrected chi connectivity index (χ4v) is 2.55. The van der Waals surface area contributed by atoms with Crippen molar-refractivity contribution in [2.45, 2.75) is 26.0 Å². The summed E-state index contributed by atoms with van der Waals surface area (Å²) in [5.41, 5.74) is 0.518. The molecule has 0 fully saturated rings. The third kappa shape index (κ3) is 6.85. The summed E-state index contributed by atoms with van der Waals surface area (Å²) >= 11 is 0. The highest BCUT2D eigenvalue weighted by molar-refractivity contribution is 8.70. The van der Waals surface area contributed by atoms with Crippen molar-refractivity contribution in [1.29, 1.82) is 0 Å². The summed E-state index contributed by atoms with van der Waals surface area (Å²) in [5, 5.41) is 3.23. The van der Waals surface area contributed by atoms with Gasteiger partial charge in [-0.1, -0.05) is 5.16 Å². The lowest BCUT2D eigenvalue weighted by molar-refractivity contribution is 0.158. The van der Waals surface area contributed by atoms with Gasteiger partial charge in [-0.25, -0.2) is 0 Å². The van der Waals surface area contributed by atoms with Crippen molar-refractivity contribution in [2.24, 2.45) is 5.16 Å². The van der Waals surface area contributed by atoms with Crippen molar-refractivity contribution in [3.63, 3.8) is 0 Å². The summed E-state index contributed by atoms with van der Waals surface area (Å²) in [6.45, 7) is 5.47. The van der Waals surface area contributed by atoms with Gasteiger partial charge in [-0.2, -0.15) is 8.42 Å². The van der Waals surface area contributed by atoms with E-state index in [9.17, 15) is 8.42 Å². The predicted octanol–water partition coefficient (Wildman–Crippen LogP) is 1.32. The molecule has 0 amide bonds. The lowest BCUT2D eigenvalue weighted by Crippen LogP contribution is -2.12. The number of hydrogen-bond acceptors (Lipinski definition) is 5. The van der Waals surface area contributed by atoms with Gasteiger partial charge in [0.2, 0.25) is 0 Å². The molecule has 0 saturated carbocycles. The molecule has 5 nitrogen and oxygen atoms in total. The number of hydrogen-bond donors (Lipinski definition) is 1. The van der Waals surface area contributed by atoms with Gasteiger partial charge in [-0.05, 0) is 20.8 Å². The van der Waals surface area contributed by atoms with Gasteiger partial charge in [-0.15, -0.1) is 0 Å². The van der Waals surface area contributed by atoms with Gasteiger partial charge in [0.1, 0.15) is 6.61 Å². The fraction of sp³-hybridized carbons (Fsp3) is 0.833. The Morgan fingerprint density at radius 2 is 2.23 bits per heavy atom. The molecule has 0 rings (SSSR count). The number of nitrogens with zero attached hydrogens (tertiary/aromatic N) is 1. The molecule has 0 aromatic rings. The van der Waals surface area contributed by atoms with Crippen LogP contribution in [0.15, 0.2) is 5.16 Å². The Bertz CT molecular complexity index is 272. The van der Waals surface area contributed by atoms with E-state index >= 15 is 0 Å². The highest BCUT2D eigenvalue weighted by atomic mass is 33.1. The van der Waals surface area contributed by atoms with Crippen molar-refractivity contribution in [3.8, 4) is 0 Å². The average Bonchev–Trinajstić information content (AvgIpc) is 1.96. The monoisotopic (exact) mass is 227 g/mol. The molecule has 78 valence electrons. The van der Waals surface area contributed by atoms with Crippen LogP contribution in [0.1, 0.15) is 20.8 Å². The van der Waals surface area contributed by atoms with Gasteiger partial charge in [0.05, 0.1) is 11.0 Å². The zero-order valence-corrected chi connectivity index (χ0v) is 9.35. The number of oxime groups is 1. The van der Waals surface area contributed by atoms with Crippen LogP contribution in [0.2, 0.25) is 0 Å². The summed E-state index contributed by atoms with van der Waals surface area (Å²) in [6.07, 6.45) is 0. The first-order valence-corrected chi connectivity index (χ1v) is 6.52. The standard InChI is InChI=1S/C6H13NO4S2/c1-4-11-7-5(2)6(3)12-13(8,9)10/h6H,4H2,1-3H3,(H,8,9,10). The molecule has 0 aliphatic rings. The summed E-state index contributed by atoms with van der Waals surface area (Å²) in [4.78, 5) is 4.73. The maximum Gasteiger partial charge on any atom is 0.320 e. The van der Waals surface area contributed by atoms with Crippen molar-refractivity contribution in [1.82, 2.24) is 0 Å². The number of rotatable bonds is 5. The SMILES string of the molecule is CCON=C(C)C(C)SS(=O)(=O)O. The molecule has 0 aliphatic carbocycles. The van der Waals surface area contributed by atoms with E-state index in [2.05, 4.69) is 5.16 Å². The molecule has 1 N–H and O–H groups in total. The first-order valence-electron chi connectivity index (χ1n) is 3.69. The lowest BCUT2D eigenvalue weighted by atomic mass is 10.3. The summed E-state index contributed by atoms with van der Waals surface area (Å²) in [6, 6.07) is 0. The Labute approximate surface area is 81.7 Å². The van der Waals surface area contributed by atoms with Crippen LogP contribution in [0.3, 0.4) is 0 Å². The Kier molecular flexibility index (Phi) is 5.34. The van der Waals surface area contributed by atoms with Gasteiger partial charge >= 0.3 is 9.15 Å². The molecule has 1 unspecified atom stereocenters. The molecule has 13 heavy (non-hydrogen) atoms. The first kappa shape index (κ1) is 12.7. The summed E-state index contributed by atoms with van der Waals surface area (Å²) in [5.74, 6) is 0.